The Morgan fingerprint density at radius 1 is 1.25 bits per heavy atom. The van der Waals surface area contributed by atoms with E-state index < -0.39 is 0 Å². The molecule has 1 aliphatic heterocycles. The second kappa shape index (κ2) is 7.36. The van der Waals surface area contributed by atoms with Crippen LogP contribution in [0.2, 0.25) is 0 Å². The number of hydrogen-bond acceptors (Lipinski definition) is 4. The van der Waals surface area contributed by atoms with E-state index in [9.17, 15) is 0 Å². The van der Waals surface area contributed by atoms with Gasteiger partial charge in [0.05, 0.1) is 0 Å². The van der Waals surface area contributed by atoms with Gasteiger partial charge in [0.25, 0.3) is 0 Å². The van der Waals surface area contributed by atoms with Gasteiger partial charge in [-0.15, -0.1) is 11.3 Å². The summed E-state index contributed by atoms with van der Waals surface area (Å²) in [6, 6.07) is 9.22. The highest BCUT2D eigenvalue weighted by Crippen LogP contribution is 2.22. The van der Waals surface area contributed by atoms with Crippen molar-refractivity contribution in [3.63, 3.8) is 0 Å². The molecule has 4 nitrogen and oxygen atoms in total. The molecule has 5 heteroatoms. The van der Waals surface area contributed by atoms with Crippen LogP contribution in [0, 0.1) is 0 Å². The van der Waals surface area contributed by atoms with Crippen LogP contribution in [0.5, 0.6) is 0 Å². The number of fused-ring (bicyclic) bond motifs is 1. The molecule has 0 radical (unpaired) electrons. The van der Waals surface area contributed by atoms with Crippen molar-refractivity contribution >= 4 is 27.4 Å². The average Bonchev–Trinajstić information content (AvgIpc) is 3.30. The van der Waals surface area contributed by atoms with E-state index in [1.54, 1.807) is 11.3 Å². The van der Waals surface area contributed by atoms with Gasteiger partial charge in [0.2, 0.25) is 0 Å². The predicted molar refractivity (Wildman–Crippen MR) is 102 cm³/mol. The van der Waals surface area contributed by atoms with Gasteiger partial charge in [-0.25, -0.2) is 4.98 Å². The first-order chi connectivity index (χ1) is 11.9. The monoisotopic (exact) mass is 340 g/mol. The number of thiazole rings is 1. The third-order valence-electron chi connectivity index (χ3n) is 4.92. The van der Waals surface area contributed by atoms with Gasteiger partial charge in [-0.2, -0.15) is 0 Å². The lowest BCUT2D eigenvalue weighted by atomic mass is 10.0. The highest BCUT2D eigenvalue weighted by Gasteiger charge is 2.19. The molecule has 0 atom stereocenters. The fourth-order valence-corrected chi connectivity index (χ4v) is 4.27. The number of benzene rings is 1. The zero-order valence-electron chi connectivity index (χ0n) is 13.9. The second-order valence-corrected chi connectivity index (χ2v) is 7.37. The maximum Gasteiger partial charge on any atom is 0.185 e. The van der Waals surface area contributed by atoms with Crippen LogP contribution in [0.1, 0.15) is 24.8 Å². The number of aromatic nitrogens is 2. The lowest BCUT2D eigenvalue weighted by Crippen LogP contribution is -2.42. The topological polar surface area (TPSA) is 44.0 Å². The number of piperidine rings is 1. The van der Waals surface area contributed by atoms with E-state index in [0.717, 1.165) is 26.1 Å². The van der Waals surface area contributed by atoms with Crippen LogP contribution in [0.4, 0.5) is 5.13 Å². The van der Waals surface area contributed by atoms with Crippen LogP contribution in [0.25, 0.3) is 10.9 Å². The maximum atomic E-state index is 4.41. The lowest BCUT2D eigenvalue weighted by Gasteiger charge is -2.32. The van der Waals surface area contributed by atoms with Crippen LogP contribution in [0.15, 0.2) is 42.0 Å². The minimum atomic E-state index is 0.657. The zero-order valence-corrected chi connectivity index (χ0v) is 14.7. The Kier molecular flexibility index (Phi) is 4.81. The summed E-state index contributed by atoms with van der Waals surface area (Å²) in [5, 5.41) is 8.35. The van der Waals surface area contributed by atoms with Gasteiger partial charge in [-0.3, -0.25) is 0 Å². The SMILES string of the molecule is c1ccc2c(CCCNC3CCN(c4nccs4)CC3)c[nH]c2c1. The molecule has 24 heavy (non-hydrogen) atoms. The minimum Gasteiger partial charge on any atom is -0.361 e. The molecule has 1 saturated heterocycles. The summed E-state index contributed by atoms with van der Waals surface area (Å²) in [5.74, 6) is 0. The molecule has 1 fully saturated rings. The molecule has 0 spiro atoms. The standard InChI is InChI=1S/C19H24N4S/c1-2-6-18-17(5-1)15(14-22-18)4-3-9-20-16-7-11-23(12-8-16)19-21-10-13-24-19/h1-2,5-6,10,13-14,16,20,22H,3-4,7-9,11-12H2. The fraction of sp³-hybridized carbons (Fsp3) is 0.421. The molecule has 126 valence electrons. The Labute approximate surface area is 146 Å². The highest BCUT2D eigenvalue weighted by atomic mass is 32.1. The van der Waals surface area contributed by atoms with Crippen molar-refractivity contribution in [1.82, 2.24) is 15.3 Å². The smallest absolute Gasteiger partial charge is 0.185 e. The summed E-state index contributed by atoms with van der Waals surface area (Å²) in [6.07, 6.45) is 8.81. The van der Waals surface area contributed by atoms with Crippen molar-refractivity contribution in [3.05, 3.63) is 47.6 Å². The number of hydrogen-bond donors (Lipinski definition) is 2. The van der Waals surface area contributed by atoms with Crippen molar-refractivity contribution in [3.8, 4) is 0 Å². The summed E-state index contributed by atoms with van der Waals surface area (Å²) in [6.45, 7) is 3.34. The molecule has 0 saturated carbocycles. The third kappa shape index (κ3) is 3.47. The molecule has 1 aromatic carbocycles. The fourth-order valence-electron chi connectivity index (χ4n) is 3.57. The predicted octanol–water partition coefficient (Wildman–Crippen LogP) is 3.82. The first-order valence-electron chi connectivity index (χ1n) is 8.83. The number of rotatable bonds is 6. The number of nitrogens with zero attached hydrogens (tertiary/aromatic N) is 2. The number of H-pyrrole nitrogens is 1. The van der Waals surface area contributed by atoms with Gasteiger partial charge in [-0.05, 0) is 43.9 Å². The van der Waals surface area contributed by atoms with E-state index in [0.29, 0.717) is 6.04 Å². The summed E-state index contributed by atoms with van der Waals surface area (Å²) < 4.78 is 0. The van der Waals surface area contributed by atoms with E-state index in [1.807, 2.05) is 6.20 Å². The van der Waals surface area contributed by atoms with E-state index in [-0.39, 0.29) is 0 Å². The van der Waals surface area contributed by atoms with Gasteiger partial charge in [0.15, 0.2) is 5.13 Å². The van der Waals surface area contributed by atoms with Crippen molar-refractivity contribution in [2.75, 3.05) is 24.5 Å². The molecule has 4 rings (SSSR count). The number of nitrogens with one attached hydrogen (secondary N) is 2. The molecular weight excluding hydrogens is 316 g/mol. The number of aryl methyl sites for hydroxylation is 1. The first kappa shape index (κ1) is 15.7. The molecule has 0 aliphatic carbocycles. The van der Waals surface area contributed by atoms with Crippen LogP contribution in [-0.4, -0.2) is 35.6 Å². The molecule has 1 aliphatic rings. The molecule has 2 aromatic heterocycles. The van der Waals surface area contributed by atoms with Crippen LogP contribution < -0.4 is 10.2 Å². The van der Waals surface area contributed by atoms with E-state index in [4.69, 9.17) is 0 Å². The van der Waals surface area contributed by atoms with Gasteiger partial charge in [0.1, 0.15) is 0 Å². The van der Waals surface area contributed by atoms with E-state index in [1.165, 1.54) is 40.9 Å². The summed E-state index contributed by atoms with van der Waals surface area (Å²) in [5.41, 5.74) is 2.68. The van der Waals surface area contributed by atoms with Crippen LogP contribution in [0.3, 0.4) is 0 Å². The summed E-state index contributed by atoms with van der Waals surface area (Å²) in [4.78, 5) is 10.2. The number of aromatic amines is 1. The molecule has 0 bridgehead atoms. The van der Waals surface area contributed by atoms with Crippen LogP contribution in [-0.2, 0) is 6.42 Å². The molecule has 3 heterocycles. The van der Waals surface area contributed by atoms with E-state index >= 15 is 0 Å². The molecule has 2 N–H and O–H groups in total. The van der Waals surface area contributed by atoms with Crippen molar-refractivity contribution in [2.45, 2.75) is 31.7 Å². The maximum absolute atomic E-state index is 4.41. The van der Waals surface area contributed by atoms with Gasteiger partial charge >= 0.3 is 0 Å². The zero-order chi connectivity index (χ0) is 16.2. The van der Waals surface area contributed by atoms with Gasteiger partial charge in [-0.1, -0.05) is 18.2 Å². The minimum absolute atomic E-state index is 0.657. The highest BCUT2D eigenvalue weighted by molar-refractivity contribution is 7.13. The Hall–Kier alpha value is -1.85. The largest absolute Gasteiger partial charge is 0.361 e. The Morgan fingerprint density at radius 3 is 2.96 bits per heavy atom. The second-order valence-electron chi connectivity index (χ2n) is 6.49. The summed E-state index contributed by atoms with van der Waals surface area (Å²) in [7, 11) is 0. The third-order valence-corrected chi connectivity index (χ3v) is 5.75. The van der Waals surface area contributed by atoms with Crippen molar-refractivity contribution < 1.29 is 0 Å². The Morgan fingerprint density at radius 2 is 2.12 bits per heavy atom. The van der Waals surface area contributed by atoms with Gasteiger partial charge in [0, 0.05) is 47.8 Å². The van der Waals surface area contributed by atoms with Crippen LogP contribution >= 0.6 is 11.3 Å². The lowest BCUT2D eigenvalue weighted by molar-refractivity contribution is 0.413. The molecule has 0 amide bonds. The average molecular weight is 340 g/mol. The number of para-hydroxylation sites is 1. The van der Waals surface area contributed by atoms with Crippen molar-refractivity contribution in [2.24, 2.45) is 0 Å². The number of anilines is 1. The Bertz CT molecular complexity index is 757. The normalized spacial score (nSPS) is 16.1. The van der Waals surface area contributed by atoms with Gasteiger partial charge < -0.3 is 15.2 Å². The molecular formula is C19H24N4S. The summed E-state index contributed by atoms with van der Waals surface area (Å²) >= 11 is 1.74. The Balaban J connectivity index is 1.20. The molecule has 3 aromatic rings. The van der Waals surface area contributed by atoms with E-state index in [2.05, 4.69) is 56.0 Å². The first-order valence-corrected chi connectivity index (χ1v) is 9.71. The molecule has 0 unspecified atom stereocenters. The quantitative estimate of drug-likeness (QED) is 0.671. The van der Waals surface area contributed by atoms with Crippen molar-refractivity contribution in [1.29, 1.82) is 0 Å².